The zero-order chi connectivity index (χ0) is 12.7. The molecule has 1 amide bonds. The van der Waals surface area contributed by atoms with Crippen LogP contribution in [0.2, 0.25) is 0 Å². The van der Waals surface area contributed by atoms with Crippen LogP contribution in [0.25, 0.3) is 0 Å². The van der Waals surface area contributed by atoms with E-state index in [2.05, 4.69) is 0 Å². The number of amides is 1. The van der Waals surface area contributed by atoms with Gasteiger partial charge in [-0.1, -0.05) is 25.7 Å². The maximum Gasteiger partial charge on any atom is 0.248 e. The van der Waals surface area contributed by atoms with Gasteiger partial charge >= 0.3 is 0 Å². The number of ether oxygens (including phenoxy) is 1. The highest BCUT2D eigenvalue weighted by Crippen LogP contribution is 2.29. The van der Waals surface area contributed by atoms with Crippen molar-refractivity contribution in [2.75, 3.05) is 26.7 Å². The zero-order valence-electron chi connectivity index (χ0n) is 11.2. The minimum absolute atomic E-state index is 0.0459. The summed E-state index contributed by atoms with van der Waals surface area (Å²) in [6.07, 6.45) is 6.82. The van der Waals surface area contributed by atoms with E-state index in [1.165, 1.54) is 12.8 Å². The Hall–Kier alpha value is -0.610. The van der Waals surface area contributed by atoms with Gasteiger partial charge in [0, 0.05) is 20.1 Å². The van der Waals surface area contributed by atoms with Crippen molar-refractivity contribution in [2.24, 2.45) is 5.73 Å². The highest BCUT2D eigenvalue weighted by Gasteiger charge is 2.31. The molecule has 1 aliphatic rings. The summed E-state index contributed by atoms with van der Waals surface area (Å²) in [6.45, 7) is 3.37. The second-order valence-corrected chi connectivity index (χ2v) is 5.00. The molecular formula is C13H26N2O2. The first-order valence-corrected chi connectivity index (χ1v) is 6.71. The SMILES string of the molecule is CCN(C)C(=O)COC1(CN)CCCCCC1. The third-order valence-electron chi connectivity index (χ3n) is 3.79. The van der Waals surface area contributed by atoms with Crippen LogP contribution in [0.15, 0.2) is 0 Å². The lowest BCUT2D eigenvalue weighted by Crippen LogP contribution is -2.43. The first-order valence-electron chi connectivity index (χ1n) is 6.71. The molecule has 1 saturated carbocycles. The lowest BCUT2D eigenvalue weighted by molar-refractivity contribution is -0.142. The van der Waals surface area contributed by atoms with Crippen molar-refractivity contribution >= 4 is 5.91 Å². The van der Waals surface area contributed by atoms with Crippen LogP contribution in [-0.2, 0) is 9.53 Å². The molecule has 2 N–H and O–H groups in total. The van der Waals surface area contributed by atoms with E-state index in [9.17, 15) is 4.79 Å². The Kier molecular flexibility index (Phi) is 5.92. The van der Waals surface area contributed by atoms with Gasteiger partial charge in [-0.15, -0.1) is 0 Å². The summed E-state index contributed by atoms with van der Waals surface area (Å²) in [6, 6.07) is 0. The molecule has 0 heterocycles. The molecule has 0 saturated heterocycles. The van der Waals surface area contributed by atoms with Crippen molar-refractivity contribution in [3.63, 3.8) is 0 Å². The molecule has 0 aromatic heterocycles. The van der Waals surface area contributed by atoms with Crippen molar-refractivity contribution < 1.29 is 9.53 Å². The van der Waals surface area contributed by atoms with Gasteiger partial charge in [0.2, 0.25) is 5.91 Å². The van der Waals surface area contributed by atoms with Crippen LogP contribution in [-0.4, -0.2) is 43.2 Å². The number of hydrogen-bond donors (Lipinski definition) is 1. The fourth-order valence-corrected chi connectivity index (χ4v) is 2.28. The topological polar surface area (TPSA) is 55.6 Å². The number of nitrogens with zero attached hydrogens (tertiary/aromatic N) is 1. The van der Waals surface area contributed by atoms with E-state index in [4.69, 9.17) is 10.5 Å². The van der Waals surface area contributed by atoms with E-state index in [1.54, 1.807) is 11.9 Å². The van der Waals surface area contributed by atoms with Gasteiger partial charge in [0.25, 0.3) is 0 Å². The van der Waals surface area contributed by atoms with E-state index in [0.717, 1.165) is 32.2 Å². The number of nitrogens with two attached hydrogens (primary N) is 1. The molecule has 17 heavy (non-hydrogen) atoms. The molecule has 100 valence electrons. The van der Waals surface area contributed by atoms with Gasteiger partial charge in [-0.25, -0.2) is 0 Å². The molecule has 0 radical (unpaired) electrons. The van der Waals surface area contributed by atoms with Crippen LogP contribution in [0, 0.1) is 0 Å². The third kappa shape index (κ3) is 4.28. The minimum Gasteiger partial charge on any atom is -0.364 e. The highest BCUT2D eigenvalue weighted by atomic mass is 16.5. The average molecular weight is 242 g/mol. The molecule has 4 heteroatoms. The van der Waals surface area contributed by atoms with Crippen molar-refractivity contribution in [1.29, 1.82) is 0 Å². The fraction of sp³-hybridized carbons (Fsp3) is 0.923. The third-order valence-corrected chi connectivity index (χ3v) is 3.79. The molecule has 0 aromatic rings. The van der Waals surface area contributed by atoms with E-state index in [1.807, 2.05) is 6.92 Å². The molecule has 0 unspecified atom stereocenters. The molecule has 1 aliphatic carbocycles. The second-order valence-electron chi connectivity index (χ2n) is 5.00. The summed E-state index contributed by atoms with van der Waals surface area (Å²) in [5.74, 6) is 0.0459. The number of likely N-dealkylation sites (N-methyl/N-ethyl adjacent to an activating group) is 1. The van der Waals surface area contributed by atoms with Gasteiger partial charge in [0.05, 0.1) is 5.60 Å². The van der Waals surface area contributed by atoms with Gasteiger partial charge in [-0.3, -0.25) is 4.79 Å². The fourth-order valence-electron chi connectivity index (χ4n) is 2.28. The van der Waals surface area contributed by atoms with E-state index in [0.29, 0.717) is 6.54 Å². The van der Waals surface area contributed by atoms with Crippen LogP contribution < -0.4 is 5.73 Å². The van der Waals surface area contributed by atoms with Crippen molar-refractivity contribution in [3.8, 4) is 0 Å². The van der Waals surface area contributed by atoms with Gasteiger partial charge < -0.3 is 15.4 Å². The Bertz CT molecular complexity index is 236. The van der Waals surface area contributed by atoms with E-state index >= 15 is 0 Å². The average Bonchev–Trinajstić information content (AvgIpc) is 2.61. The van der Waals surface area contributed by atoms with Crippen LogP contribution in [0.1, 0.15) is 45.4 Å². The predicted octanol–water partition coefficient (Wildman–Crippen LogP) is 1.53. The monoisotopic (exact) mass is 242 g/mol. The quantitative estimate of drug-likeness (QED) is 0.744. The minimum atomic E-state index is -0.249. The Morgan fingerprint density at radius 2 is 1.88 bits per heavy atom. The Morgan fingerprint density at radius 3 is 2.35 bits per heavy atom. The normalized spacial score (nSPS) is 19.7. The molecule has 0 aliphatic heterocycles. The summed E-state index contributed by atoms with van der Waals surface area (Å²) in [4.78, 5) is 13.4. The maximum atomic E-state index is 11.7. The number of hydrogen-bond acceptors (Lipinski definition) is 3. The molecule has 1 fully saturated rings. The lowest BCUT2D eigenvalue weighted by Gasteiger charge is -2.32. The molecule has 0 spiro atoms. The van der Waals surface area contributed by atoms with E-state index < -0.39 is 0 Å². The van der Waals surface area contributed by atoms with Gasteiger partial charge in [-0.05, 0) is 19.8 Å². The zero-order valence-corrected chi connectivity index (χ0v) is 11.2. The summed E-state index contributed by atoms with van der Waals surface area (Å²) in [5.41, 5.74) is 5.60. The first kappa shape index (κ1) is 14.5. The smallest absolute Gasteiger partial charge is 0.248 e. The van der Waals surface area contributed by atoms with Crippen LogP contribution in [0.3, 0.4) is 0 Å². The maximum absolute atomic E-state index is 11.7. The van der Waals surface area contributed by atoms with Gasteiger partial charge in [0.1, 0.15) is 6.61 Å². The van der Waals surface area contributed by atoms with Crippen molar-refractivity contribution in [3.05, 3.63) is 0 Å². The summed E-state index contributed by atoms with van der Waals surface area (Å²) in [5, 5.41) is 0. The molecular weight excluding hydrogens is 216 g/mol. The number of rotatable bonds is 5. The second kappa shape index (κ2) is 6.97. The Labute approximate surface area is 104 Å². The summed E-state index contributed by atoms with van der Waals surface area (Å²) >= 11 is 0. The van der Waals surface area contributed by atoms with Crippen molar-refractivity contribution in [1.82, 2.24) is 4.90 Å². The molecule has 0 bridgehead atoms. The van der Waals surface area contributed by atoms with Crippen molar-refractivity contribution in [2.45, 2.75) is 51.0 Å². The standard InChI is InChI=1S/C13H26N2O2/c1-3-15(2)12(16)10-17-13(11-14)8-6-4-5-7-9-13/h3-11,14H2,1-2H3. The first-order chi connectivity index (χ1) is 8.13. The summed E-state index contributed by atoms with van der Waals surface area (Å²) < 4.78 is 5.87. The van der Waals surface area contributed by atoms with Crippen LogP contribution in [0.4, 0.5) is 0 Å². The molecule has 0 aromatic carbocycles. The number of carbonyl (C=O) groups is 1. The number of carbonyl (C=O) groups excluding carboxylic acids is 1. The lowest BCUT2D eigenvalue weighted by atomic mass is 9.94. The molecule has 4 nitrogen and oxygen atoms in total. The van der Waals surface area contributed by atoms with Gasteiger partial charge in [0.15, 0.2) is 0 Å². The largest absolute Gasteiger partial charge is 0.364 e. The Morgan fingerprint density at radius 1 is 1.29 bits per heavy atom. The Balaban J connectivity index is 2.47. The highest BCUT2D eigenvalue weighted by molar-refractivity contribution is 5.77. The molecule has 0 atom stereocenters. The predicted molar refractivity (Wildman–Crippen MR) is 68.8 cm³/mol. The molecule has 1 rings (SSSR count). The summed E-state index contributed by atoms with van der Waals surface area (Å²) in [7, 11) is 1.80. The van der Waals surface area contributed by atoms with E-state index in [-0.39, 0.29) is 18.1 Å². The van der Waals surface area contributed by atoms with Gasteiger partial charge in [-0.2, -0.15) is 0 Å². The van der Waals surface area contributed by atoms with Crippen LogP contribution in [0.5, 0.6) is 0 Å². The van der Waals surface area contributed by atoms with Crippen LogP contribution >= 0.6 is 0 Å².